The third kappa shape index (κ3) is 2.00. The average molecular weight is 230 g/mol. The Hall–Kier alpha value is 0.0969. The third-order valence-corrected chi connectivity index (χ3v) is 7.19. The summed E-state index contributed by atoms with van der Waals surface area (Å²) in [6, 6.07) is 0. The van der Waals surface area contributed by atoms with Crippen LogP contribution < -0.4 is 0 Å². The van der Waals surface area contributed by atoms with Crippen molar-refractivity contribution in [1.29, 1.82) is 0 Å². The van der Waals surface area contributed by atoms with Gasteiger partial charge in [0.2, 0.25) is 0 Å². The molecule has 88 valence electrons. The molecule has 0 N–H and O–H groups in total. The van der Waals surface area contributed by atoms with Crippen LogP contribution in [0.5, 0.6) is 0 Å². The van der Waals surface area contributed by atoms with Gasteiger partial charge in [0.1, 0.15) is 0 Å². The van der Waals surface area contributed by atoms with E-state index in [1.54, 1.807) is 0 Å². The molecule has 2 aliphatic rings. The third-order valence-electron chi connectivity index (χ3n) is 3.54. The summed E-state index contributed by atoms with van der Waals surface area (Å²) in [7, 11) is -2.33. The molecule has 0 aromatic heterocycles. The van der Waals surface area contributed by atoms with E-state index >= 15 is 0 Å². The molecule has 0 spiro atoms. The lowest BCUT2D eigenvalue weighted by Gasteiger charge is -2.39. The molecule has 2 fully saturated rings. The van der Waals surface area contributed by atoms with Crippen LogP contribution in [0.3, 0.4) is 0 Å². The van der Waals surface area contributed by atoms with Gasteiger partial charge in [0.05, 0.1) is 0 Å². The first kappa shape index (κ1) is 11.6. The zero-order valence-electron chi connectivity index (χ0n) is 9.99. The van der Waals surface area contributed by atoms with Crippen LogP contribution in [0, 0.1) is 11.8 Å². The molecule has 0 aromatic carbocycles. The predicted octanol–water partition coefficient (Wildman–Crippen LogP) is 2.44. The van der Waals surface area contributed by atoms with Gasteiger partial charge in [-0.05, 0) is 45.4 Å². The topological polar surface area (TPSA) is 27.7 Å². The van der Waals surface area contributed by atoms with Crippen molar-refractivity contribution in [2.75, 3.05) is 19.8 Å². The number of fused-ring (bicyclic) bond motifs is 1. The molecule has 0 aliphatic heterocycles. The molecule has 3 unspecified atom stereocenters. The SMILES string of the molecule is CCO[Si](OCC)(OCC)C1CC2CC21. The van der Waals surface area contributed by atoms with Gasteiger partial charge in [0.15, 0.2) is 0 Å². The second-order valence-electron chi connectivity index (χ2n) is 4.40. The minimum Gasteiger partial charge on any atom is -0.374 e. The van der Waals surface area contributed by atoms with E-state index in [2.05, 4.69) is 0 Å². The summed E-state index contributed by atoms with van der Waals surface area (Å²) in [6.07, 6.45) is 2.66. The first-order valence-electron chi connectivity index (χ1n) is 6.19. The smallest absolute Gasteiger partial charge is 0.374 e. The van der Waals surface area contributed by atoms with Gasteiger partial charge in [-0.25, -0.2) is 0 Å². The standard InChI is InChI=1S/C11H22O3Si/c1-4-12-15(13-5-2,14-6-3)11-8-9-7-10(9)11/h9-11H,4-8H2,1-3H3. The van der Waals surface area contributed by atoms with Crippen LogP contribution in [-0.4, -0.2) is 28.6 Å². The highest BCUT2D eigenvalue weighted by Gasteiger charge is 2.66. The molecule has 0 saturated heterocycles. The molecule has 0 aromatic rings. The molecule has 0 amide bonds. The van der Waals surface area contributed by atoms with E-state index in [0.29, 0.717) is 25.4 Å². The van der Waals surface area contributed by atoms with Gasteiger partial charge in [-0.15, -0.1) is 0 Å². The highest BCUT2D eigenvalue weighted by atomic mass is 28.4. The largest absolute Gasteiger partial charge is 0.504 e. The van der Waals surface area contributed by atoms with Gasteiger partial charge in [-0.2, -0.15) is 0 Å². The van der Waals surface area contributed by atoms with Crippen LogP contribution in [0.25, 0.3) is 0 Å². The van der Waals surface area contributed by atoms with Crippen molar-refractivity contribution in [1.82, 2.24) is 0 Å². The van der Waals surface area contributed by atoms with Crippen molar-refractivity contribution in [2.45, 2.75) is 39.2 Å². The van der Waals surface area contributed by atoms with Crippen molar-refractivity contribution < 1.29 is 13.3 Å². The van der Waals surface area contributed by atoms with Crippen molar-refractivity contribution in [3.05, 3.63) is 0 Å². The van der Waals surface area contributed by atoms with E-state index in [0.717, 1.165) is 11.8 Å². The molecule has 2 rings (SSSR count). The summed E-state index contributed by atoms with van der Waals surface area (Å²) >= 11 is 0. The normalized spacial score (nSPS) is 33.4. The Morgan fingerprint density at radius 1 is 0.933 bits per heavy atom. The maximum Gasteiger partial charge on any atom is 0.504 e. The predicted molar refractivity (Wildman–Crippen MR) is 60.6 cm³/mol. The molecule has 15 heavy (non-hydrogen) atoms. The molecule has 0 heterocycles. The van der Waals surface area contributed by atoms with E-state index in [4.69, 9.17) is 13.3 Å². The summed E-state index contributed by atoms with van der Waals surface area (Å²) in [4.78, 5) is 0. The molecule has 0 bridgehead atoms. The van der Waals surface area contributed by atoms with Gasteiger partial charge in [-0.3, -0.25) is 0 Å². The molecule has 0 radical (unpaired) electrons. The summed E-state index contributed by atoms with van der Waals surface area (Å²) in [5.74, 6) is 1.84. The summed E-state index contributed by atoms with van der Waals surface area (Å²) in [5.41, 5.74) is 0.599. The molecule has 3 atom stereocenters. The first-order valence-corrected chi connectivity index (χ1v) is 7.99. The monoisotopic (exact) mass is 230 g/mol. The quantitative estimate of drug-likeness (QED) is 0.629. The van der Waals surface area contributed by atoms with Gasteiger partial charge < -0.3 is 13.3 Å². The van der Waals surface area contributed by atoms with Gasteiger partial charge >= 0.3 is 8.80 Å². The minimum atomic E-state index is -2.33. The number of hydrogen-bond acceptors (Lipinski definition) is 3. The lowest BCUT2D eigenvalue weighted by molar-refractivity contribution is 0.0489. The fourth-order valence-corrected chi connectivity index (χ4v) is 6.42. The Morgan fingerprint density at radius 3 is 1.73 bits per heavy atom. The molecule has 2 saturated carbocycles. The van der Waals surface area contributed by atoms with Crippen molar-refractivity contribution in [2.24, 2.45) is 11.8 Å². The summed E-state index contributed by atoms with van der Waals surface area (Å²) in [6.45, 7) is 8.22. The lowest BCUT2D eigenvalue weighted by atomic mass is 10.00. The fourth-order valence-electron chi connectivity index (χ4n) is 2.80. The first-order chi connectivity index (χ1) is 7.27. The molecular weight excluding hydrogens is 208 g/mol. The summed E-state index contributed by atoms with van der Waals surface area (Å²) < 4.78 is 17.7. The van der Waals surface area contributed by atoms with Crippen LogP contribution in [0.1, 0.15) is 33.6 Å². The van der Waals surface area contributed by atoms with Crippen molar-refractivity contribution >= 4 is 8.80 Å². The number of hydrogen-bond donors (Lipinski definition) is 0. The van der Waals surface area contributed by atoms with E-state index in [1.807, 2.05) is 20.8 Å². The maximum atomic E-state index is 5.91. The maximum absolute atomic E-state index is 5.91. The van der Waals surface area contributed by atoms with E-state index < -0.39 is 8.80 Å². The van der Waals surface area contributed by atoms with Crippen molar-refractivity contribution in [3.63, 3.8) is 0 Å². The van der Waals surface area contributed by atoms with E-state index in [-0.39, 0.29) is 0 Å². The zero-order chi connectivity index (χ0) is 10.9. The second-order valence-corrected chi connectivity index (χ2v) is 7.22. The van der Waals surface area contributed by atoms with Crippen LogP contribution in [-0.2, 0) is 13.3 Å². The summed E-state index contributed by atoms with van der Waals surface area (Å²) in [5, 5.41) is 0. The Kier molecular flexibility index (Phi) is 3.50. The van der Waals surface area contributed by atoms with Crippen LogP contribution in [0.15, 0.2) is 0 Å². The van der Waals surface area contributed by atoms with Crippen LogP contribution >= 0.6 is 0 Å². The number of rotatable bonds is 7. The van der Waals surface area contributed by atoms with E-state index in [1.165, 1.54) is 12.8 Å². The fraction of sp³-hybridized carbons (Fsp3) is 1.00. The average Bonchev–Trinajstić information content (AvgIpc) is 2.77. The molecule has 4 heteroatoms. The molecular formula is C11H22O3Si. The Labute approximate surface area is 93.5 Å². The van der Waals surface area contributed by atoms with Crippen LogP contribution in [0.2, 0.25) is 5.54 Å². The highest BCUT2D eigenvalue weighted by molar-refractivity contribution is 6.63. The Balaban J connectivity index is 2.02. The zero-order valence-corrected chi connectivity index (χ0v) is 11.0. The van der Waals surface area contributed by atoms with Crippen LogP contribution in [0.4, 0.5) is 0 Å². The Bertz CT molecular complexity index is 205. The van der Waals surface area contributed by atoms with E-state index in [9.17, 15) is 0 Å². The Morgan fingerprint density at radius 2 is 1.47 bits per heavy atom. The molecule has 2 aliphatic carbocycles. The highest BCUT2D eigenvalue weighted by Crippen LogP contribution is 2.66. The minimum absolute atomic E-state index is 0.599. The van der Waals surface area contributed by atoms with Gasteiger partial charge in [0.25, 0.3) is 0 Å². The lowest BCUT2D eigenvalue weighted by Crippen LogP contribution is -2.53. The second kappa shape index (κ2) is 4.53. The van der Waals surface area contributed by atoms with Gasteiger partial charge in [-0.1, -0.05) is 0 Å². The van der Waals surface area contributed by atoms with Gasteiger partial charge in [0, 0.05) is 25.4 Å². The van der Waals surface area contributed by atoms with Crippen molar-refractivity contribution in [3.8, 4) is 0 Å². The molecule has 3 nitrogen and oxygen atoms in total.